The molecule has 0 radical (unpaired) electrons. The fraction of sp³-hybridized carbons (Fsp3) is 0.833. The third kappa shape index (κ3) is 5.68. The standard InChI is InChI=1S/C12H24N2O3/c1-4-12(3,11(16)17)8-14-10(15)6-5-9(2)7-13/h9H,4-8,13H2,1-3H3,(H,14,15)(H,16,17). The van der Waals surface area contributed by atoms with Gasteiger partial charge in [0.2, 0.25) is 5.91 Å². The maximum absolute atomic E-state index is 11.5. The number of hydrogen-bond donors (Lipinski definition) is 3. The number of amides is 1. The zero-order chi connectivity index (χ0) is 13.5. The first-order chi connectivity index (χ1) is 7.85. The Kier molecular flexibility index (Phi) is 6.80. The van der Waals surface area contributed by atoms with Crippen molar-refractivity contribution in [1.82, 2.24) is 5.32 Å². The zero-order valence-electron chi connectivity index (χ0n) is 11.0. The average Bonchev–Trinajstić information content (AvgIpc) is 2.32. The van der Waals surface area contributed by atoms with Crippen LogP contribution in [0.2, 0.25) is 0 Å². The zero-order valence-corrected chi connectivity index (χ0v) is 11.0. The molecule has 0 saturated heterocycles. The summed E-state index contributed by atoms with van der Waals surface area (Å²) in [5, 5.41) is 11.7. The molecule has 0 aliphatic heterocycles. The van der Waals surface area contributed by atoms with E-state index in [0.717, 1.165) is 6.42 Å². The quantitative estimate of drug-likeness (QED) is 0.593. The van der Waals surface area contributed by atoms with E-state index in [1.807, 2.05) is 6.92 Å². The molecule has 0 bridgehead atoms. The second-order valence-corrected chi connectivity index (χ2v) is 4.88. The van der Waals surface area contributed by atoms with Crippen molar-refractivity contribution in [3.63, 3.8) is 0 Å². The number of nitrogens with one attached hydrogen (secondary N) is 1. The molecule has 0 saturated carbocycles. The Morgan fingerprint density at radius 2 is 2.06 bits per heavy atom. The highest BCUT2D eigenvalue weighted by atomic mass is 16.4. The van der Waals surface area contributed by atoms with Crippen LogP contribution in [0, 0.1) is 11.3 Å². The number of aliphatic carboxylic acids is 1. The molecule has 100 valence electrons. The molecule has 17 heavy (non-hydrogen) atoms. The Balaban J connectivity index is 4.02. The smallest absolute Gasteiger partial charge is 0.311 e. The van der Waals surface area contributed by atoms with Crippen LogP contribution < -0.4 is 11.1 Å². The topological polar surface area (TPSA) is 92.4 Å². The summed E-state index contributed by atoms with van der Waals surface area (Å²) in [4.78, 5) is 22.5. The molecular weight excluding hydrogens is 220 g/mol. The van der Waals surface area contributed by atoms with Gasteiger partial charge in [-0.3, -0.25) is 9.59 Å². The van der Waals surface area contributed by atoms with Crippen molar-refractivity contribution in [2.45, 2.75) is 40.0 Å². The van der Waals surface area contributed by atoms with Gasteiger partial charge in [0.05, 0.1) is 5.41 Å². The molecule has 0 aromatic carbocycles. The second kappa shape index (κ2) is 7.27. The molecule has 2 atom stereocenters. The van der Waals surface area contributed by atoms with E-state index in [9.17, 15) is 9.59 Å². The first-order valence-corrected chi connectivity index (χ1v) is 6.06. The molecule has 0 fully saturated rings. The number of carbonyl (C=O) groups is 2. The van der Waals surface area contributed by atoms with Gasteiger partial charge in [-0.05, 0) is 32.2 Å². The number of rotatable bonds is 8. The first kappa shape index (κ1) is 15.9. The number of carboxylic acid groups (broad SMARTS) is 1. The van der Waals surface area contributed by atoms with E-state index >= 15 is 0 Å². The van der Waals surface area contributed by atoms with Crippen molar-refractivity contribution < 1.29 is 14.7 Å². The molecule has 5 nitrogen and oxygen atoms in total. The van der Waals surface area contributed by atoms with Gasteiger partial charge in [0.1, 0.15) is 0 Å². The largest absolute Gasteiger partial charge is 0.481 e. The Hall–Kier alpha value is -1.10. The van der Waals surface area contributed by atoms with Crippen LogP contribution in [0.1, 0.15) is 40.0 Å². The molecule has 2 unspecified atom stereocenters. The Morgan fingerprint density at radius 3 is 2.47 bits per heavy atom. The van der Waals surface area contributed by atoms with Crippen LogP contribution in [-0.2, 0) is 9.59 Å². The van der Waals surface area contributed by atoms with Gasteiger partial charge < -0.3 is 16.2 Å². The van der Waals surface area contributed by atoms with E-state index < -0.39 is 11.4 Å². The van der Waals surface area contributed by atoms with Gasteiger partial charge in [-0.2, -0.15) is 0 Å². The van der Waals surface area contributed by atoms with Crippen molar-refractivity contribution >= 4 is 11.9 Å². The Bertz CT molecular complexity index is 268. The molecule has 1 amide bonds. The first-order valence-electron chi connectivity index (χ1n) is 6.06. The van der Waals surface area contributed by atoms with Crippen molar-refractivity contribution in [3.05, 3.63) is 0 Å². The normalized spacial score (nSPS) is 16.0. The molecule has 0 aliphatic carbocycles. The van der Waals surface area contributed by atoms with Crippen LogP contribution in [0.25, 0.3) is 0 Å². The van der Waals surface area contributed by atoms with E-state index in [2.05, 4.69) is 5.32 Å². The Morgan fingerprint density at radius 1 is 1.47 bits per heavy atom. The molecule has 0 aliphatic rings. The predicted octanol–water partition coefficient (Wildman–Crippen LogP) is 0.979. The summed E-state index contributed by atoms with van der Waals surface area (Å²) in [6, 6.07) is 0. The molecule has 5 heteroatoms. The number of carbonyl (C=O) groups excluding carboxylic acids is 1. The van der Waals surface area contributed by atoms with Crippen LogP contribution >= 0.6 is 0 Å². The fourth-order valence-corrected chi connectivity index (χ4v) is 1.23. The predicted molar refractivity (Wildman–Crippen MR) is 66.5 cm³/mol. The van der Waals surface area contributed by atoms with E-state index in [1.54, 1.807) is 13.8 Å². The minimum absolute atomic E-state index is 0.105. The molecule has 0 aromatic rings. The van der Waals surface area contributed by atoms with E-state index in [-0.39, 0.29) is 12.5 Å². The van der Waals surface area contributed by atoms with Crippen molar-refractivity contribution in [2.75, 3.05) is 13.1 Å². The second-order valence-electron chi connectivity index (χ2n) is 4.88. The van der Waals surface area contributed by atoms with Gasteiger partial charge in [0.15, 0.2) is 0 Å². The van der Waals surface area contributed by atoms with E-state index in [0.29, 0.717) is 25.3 Å². The highest BCUT2D eigenvalue weighted by Crippen LogP contribution is 2.19. The maximum atomic E-state index is 11.5. The van der Waals surface area contributed by atoms with Crippen LogP contribution in [-0.4, -0.2) is 30.1 Å². The summed E-state index contributed by atoms with van der Waals surface area (Å²) in [7, 11) is 0. The SMILES string of the molecule is CCC(C)(CNC(=O)CCC(C)CN)C(=O)O. The summed E-state index contributed by atoms with van der Waals surface area (Å²) in [6.45, 7) is 6.17. The van der Waals surface area contributed by atoms with Gasteiger partial charge >= 0.3 is 5.97 Å². The van der Waals surface area contributed by atoms with Gasteiger partial charge in [0, 0.05) is 13.0 Å². The van der Waals surface area contributed by atoms with Crippen LogP contribution in [0.4, 0.5) is 0 Å². The van der Waals surface area contributed by atoms with Gasteiger partial charge in [-0.25, -0.2) is 0 Å². The molecule has 0 rings (SSSR count). The maximum Gasteiger partial charge on any atom is 0.311 e. The molecular formula is C12H24N2O3. The third-order valence-corrected chi connectivity index (χ3v) is 3.24. The summed E-state index contributed by atoms with van der Waals surface area (Å²) in [5.74, 6) is -0.667. The van der Waals surface area contributed by atoms with Gasteiger partial charge in [0.25, 0.3) is 0 Å². The lowest BCUT2D eigenvalue weighted by molar-refractivity contribution is -0.148. The molecule has 4 N–H and O–H groups in total. The number of hydrogen-bond acceptors (Lipinski definition) is 3. The monoisotopic (exact) mass is 244 g/mol. The summed E-state index contributed by atoms with van der Waals surface area (Å²) in [5.41, 5.74) is 4.57. The molecule has 0 aromatic heterocycles. The number of nitrogens with two attached hydrogens (primary N) is 1. The van der Waals surface area contributed by atoms with Gasteiger partial charge in [-0.15, -0.1) is 0 Å². The summed E-state index contributed by atoms with van der Waals surface area (Å²) < 4.78 is 0. The lowest BCUT2D eigenvalue weighted by Crippen LogP contribution is -2.40. The van der Waals surface area contributed by atoms with E-state index in [4.69, 9.17) is 10.8 Å². The lowest BCUT2D eigenvalue weighted by Gasteiger charge is -2.23. The molecule has 0 spiro atoms. The highest BCUT2D eigenvalue weighted by molar-refractivity contribution is 5.78. The van der Waals surface area contributed by atoms with Crippen molar-refractivity contribution in [2.24, 2.45) is 17.1 Å². The van der Waals surface area contributed by atoms with Crippen LogP contribution in [0.15, 0.2) is 0 Å². The molecule has 0 heterocycles. The average molecular weight is 244 g/mol. The number of carboxylic acids is 1. The third-order valence-electron chi connectivity index (χ3n) is 3.24. The van der Waals surface area contributed by atoms with E-state index in [1.165, 1.54) is 0 Å². The summed E-state index contributed by atoms with van der Waals surface area (Å²) in [6.07, 6.45) is 1.62. The Labute approximate surface area is 103 Å². The summed E-state index contributed by atoms with van der Waals surface area (Å²) >= 11 is 0. The van der Waals surface area contributed by atoms with Crippen molar-refractivity contribution in [3.8, 4) is 0 Å². The minimum Gasteiger partial charge on any atom is -0.481 e. The highest BCUT2D eigenvalue weighted by Gasteiger charge is 2.31. The lowest BCUT2D eigenvalue weighted by atomic mass is 9.87. The van der Waals surface area contributed by atoms with Crippen LogP contribution in [0.5, 0.6) is 0 Å². The van der Waals surface area contributed by atoms with Gasteiger partial charge in [-0.1, -0.05) is 13.8 Å². The minimum atomic E-state index is -0.880. The fourth-order valence-electron chi connectivity index (χ4n) is 1.23. The van der Waals surface area contributed by atoms with Crippen molar-refractivity contribution in [1.29, 1.82) is 0 Å². The van der Waals surface area contributed by atoms with Crippen LogP contribution in [0.3, 0.4) is 0 Å².